The third-order valence-electron chi connectivity index (χ3n) is 3.22. The van der Waals surface area contributed by atoms with Gasteiger partial charge < -0.3 is 9.64 Å². The molecule has 1 saturated heterocycles. The molecule has 15 heavy (non-hydrogen) atoms. The van der Waals surface area contributed by atoms with Crippen molar-refractivity contribution in [1.82, 2.24) is 4.90 Å². The van der Waals surface area contributed by atoms with Gasteiger partial charge in [-0.25, -0.2) is 4.79 Å². The van der Waals surface area contributed by atoms with E-state index in [2.05, 4.69) is 15.9 Å². The first-order chi connectivity index (χ1) is 6.86. The lowest BCUT2D eigenvalue weighted by molar-refractivity contribution is 0.0265. The number of hydrogen-bond acceptors (Lipinski definition) is 2. The maximum Gasteiger partial charge on any atom is 0.410 e. The zero-order chi connectivity index (χ0) is 11.3. The van der Waals surface area contributed by atoms with E-state index in [4.69, 9.17) is 4.74 Å². The monoisotopic (exact) mass is 275 g/mol. The van der Waals surface area contributed by atoms with Crippen LogP contribution in [0.1, 0.15) is 27.2 Å². The minimum atomic E-state index is -0.384. The summed E-state index contributed by atoms with van der Waals surface area (Å²) in [4.78, 5) is 13.6. The third kappa shape index (κ3) is 2.14. The number of carbonyl (C=O) groups excluding carboxylic acids is 1. The highest BCUT2D eigenvalue weighted by Crippen LogP contribution is 2.58. The van der Waals surface area contributed by atoms with Gasteiger partial charge in [0.1, 0.15) is 5.60 Å². The van der Waals surface area contributed by atoms with Crippen molar-refractivity contribution in [3.63, 3.8) is 0 Å². The van der Waals surface area contributed by atoms with Crippen molar-refractivity contribution in [1.29, 1.82) is 0 Å². The molecule has 0 aromatic rings. The Hall–Kier alpha value is -0.250. The van der Waals surface area contributed by atoms with Crippen LogP contribution in [-0.2, 0) is 4.74 Å². The second-order valence-corrected chi connectivity index (χ2v) is 6.32. The maximum absolute atomic E-state index is 11.8. The molecule has 0 radical (unpaired) electrons. The number of halogens is 1. The second-order valence-electron chi connectivity index (χ2n) is 5.76. The fourth-order valence-electron chi connectivity index (χ4n) is 2.27. The molecule has 0 bridgehead atoms. The summed E-state index contributed by atoms with van der Waals surface area (Å²) in [6, 6.07) is 0. The molecule has 3 nitrogen and oxygen atoms in total. The lowest BCUT2D eigenvalue weighted by atomic mass is 10.1. The van der Waals surface area contributed by atoms with Crippen molar-refractivity contribution in [3.05, 3.63) is 0 Å². The Morgan fingerprint density at radius 3 is 2.73 bits per heavy atom. The number of carbonyl (C=O) groups is 1. The standard InChI is InChI=1S/C11H18BrNO2/c1-10(2,3)15-9(14)13-5-8-4-11(8,6-12)7-13/h8H,4-7H2,1-3H3/t8-,11-/m1/s1. The number of alkyl halides is 1. The summed E-state index contributed by atoms with van der Waals surface area (Å²) < 4.78 is 5.35. The van der Waals surface area contributed by atoms with E-state index in [1.54, 1.807) is 0 Å². The summed E-state index contributed by atoms with van der Waals surface area (Å²) in [7, 11) is 0. The SMILES string of the molecule is CC(C)(C)OC(=O)N1C[C@H]2C[C@@]2(CBr)C1. The average Bonchev–Trinajstić information content (AvgIpc) is 2.66. The summed E-state index contributed by atoms with van der Waals surface area (Å²) in [5, 5.41) is 1.00. The smallest absolute Gasteiger partial charge is 0.410 e. The number of fused-ring (bicyclic) bond motifs is 1. The Bertz CT molecular complexity index is 283. The number of ether oxygens (including phenoxy) is 1. The van der Waals surface area contributed by atoms with Crippen molar-refractivity contribution in [2.24, 2.45) is 11.3 Å². The Morgan fingerprint density at radius 1 is 1.60 bits per heavy atom. The van der Waals surface area contributed by atoms with E-state index >= 15 is 0 Å². The number of rotatable bonds is 1. The molecule has 1 amide bonds. The molecule has 1 aliphatic carbocycles. The summed E-state index contributed by atoms with van der Waals surface area (Å²) in [6.45, 7) is 7.45. The Morgan fingerprint density at radius 2 is 2.27 bits per heavy atom. The molecule has 4 heteroatoms. The predicted molar refractivity (Wildman–Crippen MR) is 62.1 cm³/mol. The van der Waals surface area contributed by atoms with Crippen LogP contribution in [0.3, 0.4) is 0 Å². The largest absolute Gasteiger partial charge is 0.444 e. The molecule has 1 aliphatic heterocycles. The first kappa shape index (κ1) is 11.2. The molecule has 2 rings (SSSR count). The van der Waals surface area contributed by atoms with Crippen molar-refractivity contribution < 1.29 is 9.53 Å². The van der Waals surface area contributed by atoms with Crippen LogP contribution >= 0.6 is 15.9 Å². The first-order valence-electron chi connectivity index (χ1n) is 5.40. The Labute approximate surface area is 99.3 Å². The lowest BCUT2D eigenvalue weighted by Crippen LogP contribution is -2.37. The van der Waals surface area contributed by atoms with Crippen LogP contribution < -0.4 is 0 Å². The van der Waals surface area contributed by atoms with Gasteiger partial charge in [-0.15, -0.1) is 0 Å². The molecule has 2 atom stereocenters. The van der Waals surface area contributed by atoms with Crippen molar-refractivity contribution in [2.45, 2.75) is 32.8 Å². The van der Waals surface area contributed by atoms with Gasteiger partial charge in [-0.3, -0.25) is 0 Å². The van der Waals surface area contributed by atoms with E-state index < -0.39 is 0 Å². The predicted octanol–water partition coefficient (Wildman–Crippen LogP) is 2.64. The summed E-state index contributed by atoms with van der Waals surface area (Å²) in [5.74, 6) is 0.699. The van der Waals surface area contributed by atoms with Crippen LogP contribution in [0.4, 0.5) is 4.79 Å². The van der Waals surface area contributed by atoms with Crippen molar-refractivity contribution >= 4 is 22.0 Å². The van der Waals surface area contributed by atoms with Crippen LogP contribution in [0.5, 0.6) is 0 Å². The normalized spacial score (nSPS) is 33.9. The highest BCUT2D eigenvalue weighted by Gasteiger charge is 2.60. The van der Waals surface area contributed by atoms with Crippen LogP contribution in [0.2, 0.25) is 0 Å². The van der Waals surface area contributed by atoms with E-state index in [1.807, 2.05) is 25.7 Å². The van der Waals surface area contributed by atoms with Gasteiger partial charge in [0, 0.05) is 23.8 Å². The second kappa shape index (κ2) is 3.37. The number of nitrogens with zero attached hydrogens (tertiary/aromatic N) is 1. The van der Waals surface area contributed by atoms with Gasteiger partial charge in [0.15, 0.2) is 0 Å². The molecule has 0 unspecified atom stereocenters. The van der Waals surface area contributed by atoms with Crippen LogP contribution in [0.15, 0.2) is 0 Å². The molecule has 0 aromatic carbocycles. The van der Waals surface area contributed by atoms with E-state index in [1.165, 1.54) is 6.42 Å². The zero-order valence-electron chi connectivity index (χ0n) is 9.55. The number of likely N-dealkylation sites (tertiary alicyclic amines) is 1. The topological polar surface area (TPSA) is 29.5 Å². The molecular weight excluding hydrogens is 258 g/mol. The van der Waals surface area contributed by atoms with E-state index in [-0.39, 0.29) is 11.7 Å². The van der Waals surface area contributed by atoms with Gasteiger partial charge in [0.25, 0.3) is 0 Å². The summed E-state index contributed by atoms with van der Waals surface area (Å²) in [5.41, 5.74) is -0.0116. The van der Waals surface area contributed by atoms with Crippen LogP contribution in [-0.4, -0.2) is 35.0 Å². The number of piperidine rings is 1. The number of amides is 1. The number of hydrogen-bond donors (Lipinski definition) is 0. The molecule has 2 fully saturated rings. The fourth-order valence-corrected chi connectivity index (χ4v) is 3.13. The Balaban J connectivity index is 1.90. The lowest BCUT2D eigenvalue weighted by Gasteiger charge is -2.26. The molecule has 1 saturated carbocycles. The fraction of sp³-hybridized carbons (Fsp3) is 0.909. The van der Waals surface area contributed by atoms with E-state index in [0.29, 0.717) is 11.3 Å². The highest BCUT2D eigenvalue weighted by molar-refractivity contribution is 9.09. The first-order valence-corrected chi connectivity index (χ1v) is 6.52. The van der Waals surface area contributed by atoms with Crippen molar-refractivity contribution in [3.8, 4) is 0 Å². The van der Waals surface area contributed by atoms with Gasteiger partial charge in [-0.1, -0.05) is 15.9 Å². The van der Waals surface area contributed by atoms with Crippen molar-refractivity contribution in [2.75, 3.05) is 18.4 Å². The minimum Gasteiger partial charge on any atom is -0.444 e. The third-order valence-corrected chi connectivity index (χ3v) is 4.34. The van der Waals surface area contributed by atoms with Crippen LogP contribution in [0, 0.1) is 11.3 Å². The van der Waals surface area contributed by atoms with E-state index in [0.717, 1.165) is 18.4 Å². The van der Waals surface area contributed by atoms with Gasteiger partial charge >= 0.3 is 6.09 Å². The summed E-state index contributed by atoms with van der Waals surface area (Å²) >= 11 is 3.53. The molecule has 2 aliphatic rings. The molecule has 1 heterocycles. The molecule has 0 N–H and O–H groups in total. The van der Waals surface area contributed by atoms with Gasteiger partial charge in [0.05, 0.1) is 0 Å². The molecule has 0 spiro atoms. The van der Waals surface area contributed by atoms with Crippen LogP contribution in [0.25, 0.3) is 0 Å². The maximum atomic E-state index is 11.8. The van der Waals surface area contributed by atoms with Gasteiger partial charge in [-0.05, 0) is 33.1 Å². The van der Waals surface area contributed by atoms with Gasteiger partial charge in [-0.2, -0.15) is 0 Å². The quantitative estimate of drug-likeness (QED) is 0.689. The van der Waals surface area contributed by atoms with E-state index in [9.17, 15) is 4.79 Å². The van der Waals surface area contributed by atoms with Gasteiger partial charge in [0.2, 0.25) is 0 Å². The minimum absolute atomic E-state index is 0.157. The highest BCUT2D eigenvalue weighted by atomic mass is 79.9. The molecular formula is C11H18BrNO2. The molecule has 0 aromatic heterocycles. The zero-order valence-corrected chi connectivity index (χ0v) is 11.1. The summed E-state index contributed by atoms with van der Waals surface area (Å²) in [6.07, 6.45) is 1.10. The molecule has 86 valence electrons. The Kier molecular flexibility index (Phi) is 2.53. The average molecular weight is 276 g/mol.